The van der Waals surface area contributed by atoms with Crippen LogP contribution in [-0.4, -0.2) is 35.5 Å². The first-order valence-corrected chi connectivity index (χ1v) is 6.98. The Morgan fingerprint density at radius 2 is 1.90 bits per heavy atom. The number of carbonyl (C=O) groups is 1. The lowest BCUT2D eigenvalue weighted by molar-refractivity contribution is -0.0515. The monoisotopic (exact) mass is 277 g/mol. The van der Waals surface area contributed by atoms with Gasteiger partial charge in [-0.05, 0) is 33.3 Å². The molecule has 1 amide bonds. The van der Waals surface area contributed by atoms with Gasteiger partial charge in [-0.15, -0.1) is 0 Å². The third-order valence-electron chi connectivity index (χ3n) is 3.56. The van der Waals surface area contributed by atoms with Gasteiger partial charge in [-0.3, -0.25) is 4.90 Å². The van der Waals surface area contributed by atoms with Gasteiger partial charge in [0, 0.05) is 6.42 Å². The molecule has 4 nitrogen and oxygen atoms in total. The van der Waals surface area contributed by atoms with Gasteiger partial charge in [0.2, 0.25) is 0 Å². The number of benzene rings is 1. The molecule has 1 fully saturated rings. The highest BCUT2D eigenvalue weighted by molar-refractivity contribution is 5.70. The van der Waals surface area contributed by atoms with E-state index >= 15 is 0 Å². The van der Waals surface area contributed by atoms with Crippen LogP contribution in [0.25, 0.3) is 0 Å². The van der Waals surface area contributed by atoms with E-state index < -0.39 is 5.72 Å². The van der Waals surface area contributed by atoms with E-state index in [1.54, 1.807) is 4.90 Å². The molecule has 1 aromatic rings. The van der Waals surface area contributed by atoms with E-state index in [1.807, 2.05) is 58.0 Å². The fourth-order valence-electron chi connectivity index (χ4n) is 2.64. The number of hydrogen-bond acceptors (Lipinski definition) is 3. The minimum Gasteiger partial charge on any atom is -0.449 e. The van der Waals surface area contributed by atoms with Gasteiger partial charge in [0.15, 0.2) is 0 Å². The van der Waals surface area contributed by atoms with Crippen molar-refractivity contribution in [3.8, 4) is 0 Å². The highest BCUT2D eigenvalue weighted by Gasteiger charge is 2.49. The Morgan fingerprint density at radius 1 is 1.25 bits per heavy atom. The molecular formula is C16H23NO3. The number of hydrogen-bond donors (Lipinski definition) is 0. The molecule has 1 aliphatic rings. The van der Waals surface area contributed by atoms with Crippen molar-refractivity contribution in [1.82, 2.24) is 4.90 Å². The average molecular weight is 277 g/mol. The summed E-state index contributed by atoms with van der Waals surface area (Å²) in [5.41, 5.74) is 0.206. The van der Waals surface area contributed by atoms with Gasteiger partial charge < -0.3 is 9.47 Å². The van der Waals surface area contributed by atoms with Crippen LogP contribution < -0.4 is 0 Å². The first-order valence-electron chi connectivity index (χ1n) is 6.98. The number of carbonyl (C=O) groups excluding carboxylic acids is 1. The molecule has 0 aromatic heterocycles. The zero-order valence-corrected chi connectivity index (χ0v) is 12.7. The molecule has 4 heteroatoms. The normalized spacial score (nSPS) is 19.9. The lowest BCUT2D eigenvalue weighted by Gasteiger charge is -2.36. The van der Waals surface area contributed by atoms with Crippen molar-refractivity contribution < 1.29 is 14.3 Å². The molecule has 0 bridgehead atoms. The summed E-state index contributed by atoms with van der Waals surface area (Å²) in [5.74, 6) is 0. The molecule has 1 saturated heterocycles. The van der Waals surface area contributed by atoms with Crippen LogP contribution in [0.15, 0.2) is 30.3 Å². The Bertz CT molecular complexity index is 452. The van der Waals surface area contributed by atoms with Crippen LogP contribution in [0.4, 0.5) is 4.79 Å². The van der Waals surface area contributed by atoms with Gasteiger partial charge in [0.25, 0.3) is 0 Å². The topological polar surface area (TPSA) is 38.8 Å². The lowest BCUT2D eigenvalue weighted by Crippen LogP contribution is -2.52. The van der Waals surface area contributed by atoms with Gasteiger partial charge in [-0.25, -0.2) is 4.79 Å². The smallest absolute Gasteiger partial charge is 0.412 e. The molecule has 0 aliphatic carbocycles. The molecule has 0 N–H and O–H groups in total. The van der Waals surface area contributed by atoms with E-state index in [1.165, 1.54) is 0 Å². The third-order valence-corrected chi connectivity index (χ3v) is 3.56. The molecule has 0 radical (unpaired) electrons. The predicted molar refractivity (Wildman–Crippen MR) is 77.4 cm³/mol. The van der Waals surface area contributed by atoms with Crippen LogP contribution in [-0.2, 0) is 15.9 Å². The van der Waals surface area contributed by atoms with Crippen molar-refractivity contribution in [3.63, 3.8) is 0 Å². The number of amides is 1. The molecule has 1 aliphatic heterocycles. The lowest BCUT2D eigenvalue weighted by atomic mass is 10.0. The summed E-state index contributed by atoms with van der Waals surface area (Å²) in [6.07, 6.45) is 0.413. The molecule has 0 unspecified atom stereocenters. The van der Waals surface area contributed by atoms with E-state index in [0.717, 1.165) is 12.0 Å². The quantitative estimate of drug-likeness (QED) is 0.851. The minimum absolute atomic E-state index is 0.312. The second-order valence-electron chi connectivity index (χ2n) is 6.23. The van der Waals surface area contributed by atoms with E-state index in [0.29, 0.717) is 13.2 Å². The van der Waals surface area contributed by atoms with Crippen molar-refractivity contribution in [3.05, 3.63) is 35.9 Å². The Balaban J connectivity index is 1.91. The van der Waals surface area contributed by atoms with E-state index in [2.05, 4.69) is 0 Å². The van der Waals surface area contributed by atoms with Crippen molar-refractivity contribution in [1.29, 1.82) is 0 Å². The SMILES string of the molecule is CC1(C)COC(C)(C)N1C(=O)OCCc1ccccc1. The number of rotatable bonds is 3. The van der Waals surface area contributed by atoms with Crippen molar-refractivity contribution in [2.45, 2.75) is 45.4 Å². The first-order chi connectivity index (χ1) is 9.33. The molecule has 20 heavy (non-hydrogen) atoms. The van der Waals surface area contributed by atoms with Gasteiger partial charge in [0.1, 0.15) is 5.72 Å². The maximum atomic E-state index is 12.3. The largest absolute Gasteiger partial charge is 0.449 e. The Labute approximate surface area is 120 Å². The summed E-state index contributed by atoms with van der Waals surface area (Å²) in [5, 5.41) is 0. The minimum atomic E-state index is -0.618. The second kappa shape index (κ2) is 5.44. The average Bonchev–Trinajstić information content (AvgIpc) is 2.59. The Kier molecular flexibility index (Phi) is 4.04. The molecular weight excluding hydrogens is 254 g/mol. The second-order valence-corrected chi connectivity index (χ2v) is 6.23. The molecule has 0 spiro atoms. The fourth-order valence-corrected chi connectivity index (χ4v) is 2.64. The summed E-state index contributed by atoms with van der Waals surface area (Å²) >= 11 is 0. The van der Waals surface area contributed by atoms with Crippen LogP contribution in [0.3, 0.4) is 0 Å². The maximum absolute atomic E-state index is 12.3. The Morgan fingerprint density at radius 3 is 2.45 bits per heavy atom. The summed E-state index contributed by atoms with van der Waals surface area (Å²) in [6, 6.07) is 10.00. The van der Waals surface area contributed by atoms with Crippen LogP contribution in [0.5, 0.6) is 0 Å². The molecule has 1 heterocycles. The van der Waals surface area contributed by atoms with E-state index in [-0.39, 0.29) is 11.6 Å². The van der Waals surface area contributed by atoms with Crippen LogP contribution >= 0.6 is 0 Å². The standard InChI is InChI=1S/C16H23NO3/c1-15(2)12-20-16(3,4)17(15)14(18)19-11-10-13-8-6-5-7-9-13/h5-9H,10-12H2,1-4H3. The maximum Gasteiger partial charge on any atom is 0.412 e. The van der Waals surface area contributed by atoms with Gasteiger partial charge >= 0.3 is 6.09 Å². The van der Waals surface area contributed by atoms with Crippen molar-refractivity contribution in [2.75, 3.05) is 13.2 Å². The van der Waals surface area contributed by atoms with Crippen LogP contribution in [0, 0.1) is 0 Å². The fraction of sp³-hybridized carbons (Fsp3) is 0.562. The summed E-state index contributed by atoms with van der Waals surface area (Å²) in [6.45, 7) is 8.65. The summed E-state index contributed by atoms with van der Waals surface area (Å²) in [7, 11) is 0. The Hall–Kier alpha value is -1.55. The first kappa shape index (κ1) is 14.9. The summed E-state index contributed by atoms with van der Waals surface area (Å²) in [4.78, 5) is 14.0. The van der Waals surface area contributed by atoms with Crippen LogP contribution in [0.2, 0.25) is 0 Å². The number of nitrogens with zero attached hydrogens (tertiary/aromatic N) is 1. The van der Waals surface area contributed by atoms with E-state index in [9.17, 15) is 4.79 Å². The van der Waals surface area contributed by atoms with Crippen LogP contribution in [0.1, 0.15) is 33.3 Å². The van der Waals surface area contributed by atoms with Gasteiger partial charge in [-0.2, -0.15) is 0 Å². The highest BCUT2D eigenvalue weighted by atomic mass is 16.6. The number of ether oxygens (including phenoxy) is 2. The molecule has 2 rings (SSSR count). The van der Waals surface area contributed by atoms with Gasteiger partial charge in [-0.1, -0.05) is 30.3 Å². The molecule has 0 atom stereocenters. The highest BCUT2D eigenvalue weighted by Crippen LogP contribution is 2.34. The molecule has 110 valence electrons. The van der Waals surface area contributed by atoms with Gasteiger partial charge in [0.05, 0.1) is 18.8 Å². The zero-order valence-electron chi connectivity index (χ0n) is 12.7. The van der Waals surface area contributed by atoms with Crippen molar-refractivity contribution in [2.24, 2.45) is 0 Å². The van der Waals surface area contributed by atoms with E-state index in [4.69, 9.17) is 9.47 Å². The third kappa shape index (κ3) is 3.12. The molecule has 0 saturated carbocycles. The predicted octanol–water partition coefficient (Wildman–Crippen LogP) is 3.21. The molecule has 1 aromatic carbocycles. The summed E-state index contributed by atoms with van der Waals surface area (Å²) < 4.78 is 11.1. The van der Waals surface area contributed by atoms with Crippen molar-refractivity contribution >= 4 is 6.09 Å². The zero-order chi connectivity index (χ0) is 14.8.